The SMILES string of the molecule is CC(C)[C@H](NC(=O)OCc1ccccc1)c1nc2ccccc2[nH]1. The Kier molecular flexibility index (Phi) is 4.79. The van der Waals surface area contributed by atoms with Gasteiger partial charge in [-0.2, -0.15) is 0 Å². The molecule has 0 bridgehead atoms. The molecule has 0 fully saturated rings. The molecule has 3 aromatic rings. The number of ether oxygens (including phenoxy) is 1. The molecule has 0 radical (unpaired) electrons. The van der Waals surface area contributed by atoms with E-state index < -0.39 is 6.09 Å². The van der Waals surface area contributed by atoms with E-state index in [0.717, 1.165) is 22.4 Å². The minimum atomic E-state index is -0.446. The molecule has 2 aromatic carbocycles. The number of aromatic amines is 1. The minimum absolute atomic E-state index is 0.176. The maximum absolute atomic E-state index is 12.1. The van der Waals surface area contributed by atoms with Crippen LogP contribution in [0.5, 0.6) is 0 Å². The van der Waals surface area contributed by atoms with Crippen molar-refractivity contribution in [3.8, 4) is 0 Å². The molecular formula is C19H21N3O2. The van der Waals surface area contributed by atoms with Crippen molar-refractivity contribution in [1.82, 2.24) is 15.3 Å². The van der Waals surface area contributed by atoms with Crippen LogP contribution in [0.3, 0.4) is 0 Å². The number of hydrogen-bond acceptors (Lipinski definition) is 3. The smallest absolute Gasteiger partial charge is 0.408 e. The molecular weight excluding hydrogens is 302 g/mol. The molecule has 124 valence electrons. The molecule has 1 atom stereocenters. The number of benzene rings is 2. The summed E-state index contributed by atoms with van der Waals surface area (Å²) in [6.07, 6.45) is -0.446. The van der Waals surface area contributed by atoms with Crippen molar-refractivity contribution in [2.45, 2.75) is 26.5 Å². The Hall–Kier alpha value is -2.82. The van der Waals surface area contributed by atoms with E-state index in [9.17, 15) is 4.79 Å². The summed E-state index contributed by atoms with van der Waals surface area (Å²) in [7, 11) is 0. The van der Waals surface area contributed by atoms with E-state index in [2.05, 4.69) is 15.3 Å². The van der Waals surface area contributed by atoms with Gasteiger partial charge in [0.25, 0.3) is 0 Å². The zero-order valence-corrected chi connectivity index (χ0v) is 13.8. The normalized spacial score (nSPS) is 12.3. The van der Waals surface area contributed by atoms with Gasteiger partial charge in [-0.05, 0) is 23.6 Å². The highest BCUT2D eigenvalue weighted by Gasteiger charge is 2.22. The summed E-state index contributed by atoms with van der Waals surface area (Å²) in [5.41, 5.74) is 2.80. The molecule has 0 spiro atoms. The minimum Gasteiger partial charge on any atom is -0.445 e. The summed E-state index contributed by atoms with van der Waals surface area (Å²) in [6, 6.07) is 17.2. The van der Waals surface area contributed by atoms with Crippen LogP contribution in [0.25, 0.3) is 11.0 Å². The van der Waals surface area contributed by atoms with Gasteiger partial charge >= 0.3 is 6.09 Å². The zero-order chi connectivity index (χ0) is 16.9. The van der Waals surface area contributed by atoms with Gasteiger partial charge in [-0.15, -0.1) is 0 Å². The summed E-state index contributed by atoms with van der Waals surface area (Å²) in [5, 5.41) is 2.91. The van der Waals surface area contributed by atoms with Crippen molar-refractivity contribution in [3.63, 3.8) is 0 Å². The molecule has 0 unspecified atom stereocenters. The lowest BCUT2D eigenvalue weighted by Crippen LogP contribution is -2.32. The first-order valence-electron chi connectivity index (χ1n) is 8.05. The topological polar surface area (TPSA) is 67.0 Å². The number of nitrogens with zero attached hydrogens (tertiary/aromatic N) is 1. The maximum atomic E-state index is 12.1. The van der Waals surface area contributed by atoms with Gasteiger partial charge in [-0.1, -0.05) is 56.3 Å². The van der Waals surface area contributed by atoms with Crippen molar-refractivity contribution < 1.29 is 9.53 Å². The van der Waals surface area contributed by atoms with Gasteiger partial charge in [0.1, 0.15) is 12.4 Å². The number of hydrogen-bond donors (Lipinski definition) is 2. The fourth-order valence-electron chi connectivity index (χ4n) is 2.56. The van der Waals surface area contributed by atoms with E-state index in [1.165, 1.54) is 0 Å². The molecule has 0 aliphatic rings. The van der Waals surface area contributed by atoms with Crippen molar-refractivity contribution in [3.05, 3.63) is 66.0 Å². The van der Waals surface area contributed by atoms with E-state index in [4.69, 9.17) is 4.74 Å². The summed E-state index contributed by atoms with van der Waals surface area (Å²) < 4.78 is 5.31. The first-order valence-corrected chi connectivity index (χ1v) is 8.05. The average molecular weight is 323 g/mol. The highest BCUT2D eigenvalue weighted by molar-refractivity contribution is 5.75. The number of para-hydroxylation sites is 2. The summed E-state index contributed by atoms with van der Waals surface area (Å²) in [6.45, 7) is 4.32. The molecule has 2 N–H and O–H groups in total. The zero-order valence-electron chi connectivity index (χ0n) is 13.8. The van der Waals surface area contributed by atoms with Crippen LogP contribution in [0, 0.1) is 5.92 Å². The van der Waals surface area contributed by atoms with Gasteiger partial charge in [0, 0.05) is 0 Å². The molecule has 5 nitrogen and oxygen atoms in total. The number of fused-ring (bicyclic) bond motifs is 1. The lowest BCUT2D eigenvalue weighted by molar-refractivity contribution is 0.132. The largest absolute Gasteiger partial charge is 0.445 e. The number of aromatic nitrogens is 2. The highest BCUT2D eigenvalue weighted by atomic mass is 16.5. The van der Waals surface area contributed by atoms with Gasteiger partial charge in [-0.25, -0.2) is 9.78 Å². The van der Waals surface area contributed by atoms with Crippen molar-refractivity contribution >= 4 is 17.1 Å². The molecule has 1 aromatic heterocycles. The molecule has 3 rings (SSSR count). The third-order valence-corrected chi connectivity index (χ3v) is 3.86. The first-order chi connectivity index (χ1) is 11.6. The van der Waals surface area contributed by atoms with E-state index >= 15 is 0 Å². The summed E-state index contributed by atoms with van der Waals surface area (Å²) >= 11 is 0. The number of rotatable bonds is 5. The predicted molar refractivity (Wildman–Crippen MR) is 93.4 cm³/mol. The van der Waals surface area contributed by atoms with Crippen LogP contribution in [0.4, 0.5) is 4.79 Å². The fraction of sp³-hybridized carbons (Fsp3) is 0.263. The quantitative estimate of drug-likeness (QED) is 0.740. The van der Waals surface area contributed by atoms with Crippen LogP contribution in [-0.2, 0) is 11.3 Å². The van der Waals surface area contributed by atoms with Crippen LogP contribution in [0.2, 0.25) is 0 Å². The molecule has 1 amide bonds. The number of carbonyl (C=O) groups is 1. The van der Waals surface area contributed by atoms with Crippen LogP contribution in [-0.4, -0.2) is 16.1 Å². The monoisotopic (exact) mass is 323 g/mol. The van der Waals surface area contributed by atoms with Gasteiger partial charge in [0.15, 0.2) is 0 Å². The summed E-state index contributed by atoms with van der Waals surface area (Å²) in [4.78, 5) is 20.0. The standard InChI is InChI=1S/C19H21N3O2/c1-13(2)17(18-20-15-10-6-7-11-16(15)21-18)22-19(23)24-12-14-8-4-3-5-9-14/h3-11,13,17H,12H2,1-2H3,(H,20,21)(H,22,23)/t17-/m0/s1. The molecule has 0 saturated heterocycles. The number of amides is 1. The molecule has 1 heterocycles. The van der Waals surface area contributed by atoms with Gasteiger partial charge in [-0.3, -0.25) is 0 Å². The Labute approximate surface area is 141 Å². The molecule has 5 heteroatoms. The highest BCUT2D eigenvalue weighted by Crippen LogP contribution is 2.22. The van der Waals surface area contributed by atoms with Crippen LogP contribution in [0.15, 0.2) is 54.6 Å². The Morgan fingerprint density at radius 1 is 1.12 bits per heavy atom. The van der Waals surface area contributed by atoms with Gasteiger partial charge in [0.2, 0.25) is 0 Å². The van der Waals surface area contributed by atoms with E-state index in [0.29, 0.717) is 0 Å². The Bertz CT molecular complexity index is 779. The second-order valence-electron chi connectivity index (χ2n) is 6.07. The second-order valence-corrected chi connectivity index (χ2v) is 6.07. The Morgan fingerprint density at radius 2 is 1.83 bits per heavy atom. The maximum Gasteiger partial charge on any atom is 0.408 e. The second kappa shape index (κ2) is 7.17. The fourth-order valence-corrected chi connectivity index (χ4v) is 2.56. The third kappa shape index (κ3) is 3.74. The first kappa shape index (κ1) is 16.1. The lowest BCUT2D eigenvalue weighted by Gasteiger charge is -2.20. The average Bonchev–Trinajstić information content (AvgIpc) is 3.02. The van der Waals surface area contributed by atoms with E-state index in [-0.39, 0.29) is 18.6 Å². The number of H-pyrrole nitrogens is 1. The van der Waals surface area contributed by atoms with E-state index in [1.54, 1.807) is 0 Å². The molecule has 0 saturated carbocycles. The predicted octanol–water partition coefficient (Wildman–Crippen LogP) is 4.19. The van der Waals surface area contributed by atoms with Crippen LogP contribution >= 0.6 is 0 Å². The van der Waals surface area contributed by atoms with Crippen LogP contribution in [0.1, 0.15) is 31.3 Å². The third-order valence-electron chi connectivity index (χ3n) is 3.86. The molecule has 24 heavy (non-hydrogen) atoms. The summed E-state index contributed by atoms with van der Waals surface area (Å²) in [5.74, 6) is 0.915. The molecule has 0 aliphatic heterocycles. The Morgan fingerprint density at radius 3 is 2.54 bits per heavy atom. The lowest BCUT2D eigenvalue weighted by atomic mass is 10.0. The number of carbonyl (C=O) groups excluding carboxylic acids is 1. The van der Waals surface area contributed by atoms with E-state index in [1.807, 2.05) is 68.4 Å². The van der Waals surface area contributed by atoms with Crippen molar-refractivity contribution in [1.29, 1.82) is 0 Å². The Balaban J connectivity index is 1.68. The number of nitrogens with one attached hydrogen (secondary N) is 2. The van der Waals surface area contributed by atoms with Crippen LogP contribution < -0.4 is 5.32 Å². The number of imidazole rings is 1. The van der Waals surface area contributed by atoms with Crippen molar-refractivity contribution in [2.75, 3.05) is 0 Å². The molecule has 0 aliphatic carbocycles. The number of alkyl carbamates (subject to hydrolysis) is 1. The van der Waals surface area contributed by atoms with Crippen molar-refractivity contribution in [2.24, 2.45) is 5.92 Å². The van der Waals surface area contributed by atoms with Gasteiger partial charge in [0.05, 0.1) is 17.1 Å². The van der Waals surface area contributed by atoms with Gasteiger partial charge < -0.3 is 15.0 Å².